The first kappa shape index (κ1) is 21.1. The van der Waals surface area contributed by atoms with Crippen LogP contribution in [0.5, 0.6) is 5.75 Å². The number of aryl methyl sites for hydroxylation is 1. The number of aromatic nitrogens is 1. The third-order valence-electron chi connectivity index (χ3n) is 6.64. The average molecular weight is 449 g/mol. The van der Waals surface area contributed by atoms with Crippen LogP contribution in [0.2, 0.25) is 0 Å². The number of piperidine rings is 1. The Bertz CT molecular complexity index is 1310. The SMILES string of the molecule is CNC(=O)c1c(C)oc2cc(O/C(=C/C=N)c3[nH]cc(C(=O)N4CC5CC5C4)c3C)ccc12.[HH]. The van der Waals surface area contributed by atoms with E-state index in [2.05, 4.69) is 10.3 Å². The summed E-state index contributed by atoms with van der Waals surface area (Å²) in [5.74, 6) is 2.61. The van der Waals surface area contributed by atoms with Gasteiger partial charge in [-0.1, -0.05) is 0 Å². The summed E-state index contributed by atoms with van der Waals surface area (Å²) in [6.45, 7) is 5.30. The monoisotopic (exact) mass is 448 g/mol. The van der Waals surface area contributed by atoms with Crippen LogP contribution in [0.4, 0.5) is 0 Å². The van der Waals surface area contributed by atoms with Crippen molar-refractivity contribution in [1.82, 2.24) is 15.2 Å². The summed E-state index contributed by atoms with van der Waals surface area (Å²) in [6.07, 6.45) is 5.63. The molecule has 2 aliphatic rings. The molecular weight excluding hydrogens is 420 g/mol. The van der Waals surface area contributed by atoms with Gasteiger partial charge in [0.15, 0.2) is 5.76 Å². The maximum Gasteiger partial charge on any atom is 0.255 e. The molecule has 3 heterocycles. The lowest BCUT2D eigenvalue weighted by Gasteiger charge is -2.17. The Balaban J connectivity index is 0.00000274. The molecule has 2 aromatic heterocycles. The predicted molar refractivity (Wildman–Crippen MR) is 127 cm³/mol. The number of fused-ring (bicyclic) bond motifs is 2. The van der Waals surface area contributed by atoms with Crippen molar-refractivity contribution in [3.05, 3.63) is 58.6 Å². The van der Waals surface area contributed by atoms with Crippen LogP contribution >= 0.6 is 0 Å². The fourth-order valence-electron chi connectivity index (χ4n) is 4.75. The maximum atomic E-state index is 13.0. The molecule has 1 saturated heterocycles. The standard InChI is InChI=1S/C25H26N4O4.H2/c1-13-19(25(31)29-11-15-8-16(15)12-29)10-28-23(13)20(6-7-26)33-17-4-5-18-21(9-17)32-14(2)22(18)24(30)27-3;/h4-7,9-10,15-16,26,28H,8,11-12H2,1-3H3,(H,27,30);1H/b20-6+,26-7?;. The number of nitrogens with one attached hydrogen (secondary N) is 3. The predicted octanol–water partition coefficient (Wildman–Crippen LogP) is 4.14. The van der Waals surface area contributed by atoms with E-state index in [0.29, 0.717) is 56.9 Å². The molecule has 0 bridgehead atoms. The molecule has 3 aromatic rings. The number of likely N-dealkylation sites (tertiary alicyclic amines) is 1. The number of aromatic amines is 1. The number of carbonyl (C=O) groups excluding carboxylic acids is 2. The van der Waals surface area contributed by atoms with E-state index in [4.69, 9.17) is 14.6 Å². The highest BCUT2D eigenvalue weighted by atomic mass is 16.5. The van der Waals surface area contributed by atoms with Crippen LogP contribution in [-0.4, -0.2) is 48.1 Å². The van der Waals surface area contributed by atoms with Gasteiger partial charge in [0.05, 0.1) is 16.8 Å². The van der Waals surface area contributed by atoms with E-state index in [0.717, 1.165) is 24.9 Å². The van der Waals surface area contributed by atoms with E-state index in [-0.39, 0.29) is 13.2 Å². The number of rotatable bonds is 6. The van der Waals surface area contributed by atoms with E-state index in [9.17, 15) is 9.59 Å². The van der Waals surface area contributed by atoms with Crippen LogP contribution in [-0.2, 0) is 0 Å². The van der Waals surface area contributed by atoms with E-state index in [1.54, 1.807) is 38.4 Å². The Kier molecular flexibility index (Phi) is 5.08. The minimum absolute atomic E-state index is 0. The molecule has 0 radical (unpaired) electrons. The topological polar surface area (TPSA) is 111 Å². The number of ether oxygens (including phenoxy) is 1. The Morgan fingerprint density at radius 3 is 2.76 bits per heavy atom. The second kappa shape index (κ2) is 7.95. The molecule has 172 valence electrons. The van der Waals surface area contributed by atoms with Gasteiger partial charge >= 0.3 is 0 Å². The minimum Gasteiger partial charge on any atom is -0.460 e. The van der Waals surface area contributed by atoms with Crippen molar-refractivity contribution in [2.24, 2.45) is 11.8 Å². The highest BCUT2D eigenvalue weighted by molar-refractivity contribution is 6.07. The van der Waals surface area contributed by atoms with Gasteiger partial charge in [-0.15, -0.1) is 0 Å². The number of benzene rings is 1. The molecule has 0 spiro atoms. The summed E-state index contributed by atoms with van der Waals surface area (Å²) >= 11 is 0. The molecular formula is C25H28N4O4. The molecule has 2 amide bonds. The minimum atomic E-state index is -0.209. The number of furan rings is 1. The van der Waals surface area contributed by atoms with Crippen LogP contribution in [0.3, 0.4) is 0 Å². The molecule has 8 nitrogen and oxygen atoms in total. The number of nitrogens with zero attached hydrogens (tertiary/aromatic N) is 1. The van der Waals surface area contributed by atoms with Crippen LogP contribution in [0.25, 0.3) is 16.7 Å². The number of carbonyl (C=O) groups is 2. The fraction of sp³-hybridized carbons (Fsp3) is 0.320. The van der Waals surface area contributed by atoms with Gasteiger partial charge in [0.25, 0.3) is 11.8 Å². The number of allylic oxidation sites excluding steroid dienone is 1. The summed E-state index contributed by atoms with van der Waals surface area (Å²) in [5.41, 5.74) is 3.08. The fourth-order valence-corrected chi connectivity index (χ4v) is 4.75. The molecule has 3 N–H and O–H groups in total. The summed E-state index contributed by atoms with van der Waals surface area (Å²) < 4.78 is 11.9. The third kappa shape index (κ3) is 3.61. The highest BCUT2D eigenvalue weighted by Crippen LogP contribution is 2.45. The average Bonchev–Trinajstić information content (AvgIpc) is 3.11. The van der Waals surface area contributed by atoms with Crippen molar-refractivity contribution in [2.45, 2.75) is 20.3 Å². The molecule has 1 saturated carbocycles. The second-order valence-electron chi connectivity index (χ2n) is 8.74. The van der Waals surface area contributed by atoms with E-state index in [1.807, 2.05) is 11.8 Å². The molecule has 8 heteroatoms. The normalized spacial score (nSPS) is 19.5. The smallest absolute Gasteiger partial charge is 0.255 e. The summed E-state index contributed by atoms with van der Waals surface area (Å²) in [6, 6.07) is 5.25. The Hall–Kier alpha value is -3.81. The van der Waals surface area contributed by atoms with Crippen molar-refractivity contribution in [3.63, 3.8) is 0 Å². The Morgan fingerprint density at radius 2 is 2.06 bits per heavy atom. The van der Waals surface area contributed by atoms with Crippen molar-refractivity contribution in [3.8, 4) is 5.75 Å². The molecule has 2 unspecified atom stereocenters. The molecule has 2 fully saturated rings. The quantitative estimate of drug-likeness (QED) is 0.389. The molecule has 1 aliphatic carbocycles. The van der Waals surface area contributed by atoms with Gasteiger partial charge in [0.2, 0.25) is 0 Å². The second-order valence-corrected chi connectivity index (χ2v) is 8.74. The number of hydrogen-bond acceptors (Lipinski definition) is 5. The first-order chi connectivity index (χ1) is 15.9. The molecule has 1 aromatic carbocycles. The van der Waals surface area contributed by atoms with Crippen LogP contribution in [0.15, 0.2) is 34.9 Å². The molecule has 1 aliphatic heterocycles. The molecule has 2 atom stereocenters. The lowest BCUT2D eigenvalue weighted by molar-refractivity contribution is 0.0774. The number of amides is 2. The Labute approximate surface area is 192 Å². The summed E-state index contributed by atoms with van der Waals surface area (Å²) in [4.78, 5) is 30.3. The first-order valence-corrected chi connectivity index (χ1v) is 11.0. The first-order valence-electron chi connectivity index (χ1n) is 11.0. The van der Waals surface area contributed by atoms with Gasteiger partial charge in [-0.3, -0.25) is 9.59 Å². The van der Waals surface area contributed by atoms with Gasteiger partial charge in [0.1, 0.15) is 17.1 Å². The number of H-pyrrole nitrogens is 1. The van der Waals surface area contributed by atoms with E-state index < -0.39 is 0 Å². The Morgan fingerprint density at radius 1 is 1.30 bits per heavy atom. The highest BCUT2D eigenvalue weighted by Gasteiger charge is 2.46. The van der Waals surface area contributed by atoms with Crippen molar-refractivity contribution in [1.29, 1.82) is 5.41 Å². The van der Waals surface area contributed by atoms with Gasteiger partial charge in [0, 0.05) is 51.5 Å². The van der Waals surface area contributed by atoms with Crippen molar-refractivity contribution in [2.75, 3.05) is 20.1 Å². The molecule has 33 heavy (non-hydrogen) atoms. The molecule has 5 rings (SSSR count). The van der Waals surface area contributed by atoms with Crippen molar-refractivity contribution < 1.29 is 20.2 Å². The lowest BCUT2D eigenvalue weighted by atomic mass is 10.1. The van der Waals surface area contributed by atoms with Crippen LogP contribution in [0, 0.1) is 31.1 Å². The maximum absolute atomic E-state index is 13.0. The summed E-state index contributed by atoms with van der Waals surface area (Å²) in [5, 5.41) is 10.9. The van der Waals surface area contributed by atoms with Gasteiger partial charge < -0.3 is 29.8 Å². The van der Waals surface area contributed by atoms with Crippen LogP contribution in [0.1, 0.15) is 45.6 Å². The number of hydrogen-bond donors (Lipinski definition) is 3. The van der Waals surface area contributed by atoms with Gasteiger partial charge in [-0.2, -0.15) is 0 Å². The third-order valence-corrected chi connectivity index (χ3v) is 6.64. The zero-order chi connectivity index (χ0) is 23.3. The van der Waals surface area contributed by atoms with E-state index >= 15 is 0 Å². The lowest BCUT2D eigenvalue weighted by Crippen LogP contribution is -2.30. The summed E-state index contributed by atoms with van der Waals surface area (Å²) in [7, 11) is 1.58. The van der Waals surface area contributed by atoms with Crippen LogP contribution < -0.4 is 10.1 Å². The zero-order valence-electron chi connectivity index (χ0n) is 18.8. The van der Waals surface area contributed by atoms with Gasteiger partial charge in [-0.25, -0.2) is 0 Å². The van der Waals surface area contributed by atoms with Crippen molar-refractivity contribution >= 4 is 34.8 Å². The van der Waals surface area contributed by atoms with Gasteiger partial charge in [-0.05, 0) is 49.8 Å². The van der Waals surface area contributed by atoms with E-state index in [1.165, 1.54) is 12.5 Å². The largest absolute Gasteiger partial charge is 0.460 e. The zero-order valence-corrected chi connectivity index (χ0v) is 18.8.